The van der Waals surface area contributed by atoms with Gasteiger partial charge in [0, 0.05) is 19.3 Å². The van der Waals surface area contributed by atoms with Crippen LogP contribution in [-0.4, -0.2) is 37.2 Å². The van der Waals surface area contributed by atoms with E-state index in [4.69, 9.17) is 14.2 Å². The summed E-state index contributed by atoms with van der Waals surface area (Å²) >= 11 is 0. The summed E-state index contributed by atoms with van der Waals surface area (Å²) in [6.45, 7) is 6.43. The minimum atomic E-state index is -0.811. The lowest BCUT2D eigenvalue weighted by Gasteiger charge is -2.18. The molecule has 0 fully saturated rings. The fourth-order valence-electron chi connectivity index (χ4n) is 8.71. The normalized spacial score (nSPS) is 12.5. The van der Waals surface area contributed by atoms with Crippen molar-refractivity contribution in [2.75, 3.05) is 13.2 Å². The maximum absolute atomic E-state index is 12.8. The molecule has 0 saturated heterocycles. The smallest absolute Gasteiger partial charge is 0.306 e. The molecule has 0 rings (SSSR count). The lowest BCUT2D eigenvalue weighted by Crippen LogP contribution is -2.30. The van der Waals surface area contributed by atoms with Gasteiger partial charge in [0.15, 0.2) is 6.10 Å². The molecule has 0 radical (unpaired) electrons. The van der Waals surface area contributed by atoms with Crippen LogP contribution >= 0.6 is 0 Å². The summed E-state index contributed by atoms with van der Waals surface area (Å²) < 4.78 is 16.7. The lowest BCUT2D eigenvalue weighted by atomic mass is 10.0. The predicted molar refractivity (Wildman–Crippen MR) is 307 cm³/mol. The Labute approximate surface area is 440 Å². The van der Waals surface area contributed by atoms with E-state index in [9.17, 15) is 14.4 Å². The summed E-state index contributed by atoms with van der Waals surface area (Å²) in [5.41, 5.74) is 0. The van der Waals surface area contributed by atoms with Crippen molar-refractivity contribution in [2.45, 2.75) is 309 Å². The maximum atomic E-state index is 12.8. The van der Waals surface area contributed by atoms with Crippen molar-refractivity contribution in [1.82, 2.24) is 0 Å². The van der Waals surface area contributed by atoms with E-state index in [-0.39, 0.29) is 31.6 Å². The molecule has 0 aromatic carbocycles. The molecular formula is C65H114O6. The summed E-state index contributed by atoms with van der Waals surface area (Å²) in [5.74, 6) is -0.989. The van der Waals surface area contributed by atoms with Crippen molar-refractivity contribution >= 4 is 17.9 Å². The van der Waals surface area contributed by atoms with Crippen LogP contribution in [0.3, 0.4) is 0 Å². The Kier molecular flexibility index (Phi) is 56.8. The van der Waals surface area contributed by atoms with E-state index in [2.05, 4.69) is 87.6 Å². The molecule has 0 N–H and O–H groups in total. The van der Waals surface area contributed by atoms with Crippen LogP contribution in [0.25, 0.3) is 0 Å². The van der Waals surface area contributed by atoms with Crippen LogP contribution in [0.4, 0.5) is 0 Å². The quantitative estimate of drug-likeness (QED) is 0.0261. The third kappa shape index (κ3) is 57.6. The highest BCUT2D eigenvalue weighted by Gasteiger charge is 2.19. The molecule has 6 nitrogen and oxygen atoms in total. The van der Waals surface area contributed by atoms with Gasteiger partial charge in [-0.25, -0.2) is 0 Å². The molecule has 0 bridgehead atoms. The molecule has 71 heavy (non-hydrogen) atoms. The minimum Gasteiger partial charge on any atom is -0.462 e. The first-order valence-electron chi connectivity index (χ1n) is 30.4. The Morgan fingerprint density at radius 3 is 0.831 bits per heavy atom. The number of ether oxygens (including phenoxy) is 3. The molecule has 0 heterocycles. The number of carbonyl (C=O) groups is 3. The number of hydrogen-bond donors (Lipinski definition) is 0. The number of esters is 3. The van der Waals surface area contributed by atoms with Crippen LogP contribution in [-0.2, 0) is 28.6 Å². The highest BCUT2D eigenvalue weighted by Crippen LogP contribution is 2.17. The summed E-state index contributed by atoms with van der Waals surface area (Å²) in [6.07, 6.45) is 76.8. The van der Waals surface area contributed by atoms with E-state index < -0.39 is 12.1 Å². The van der Waals surface area contributed by atoms with Gasteiger partial charge in [0.25, 0.3) is 0 Å². The minimum absolute atomic E-state index is 0.103. The second-order valence-corrected chi connectivity index (χ2v) is 20.2. The Morgan fingerprint density at radius 1 is 0.296 bits per heavy atom. The van der Waals surface area contributed by atoms with Crippen molar-refractivity contribution < 1.29 is 28.6 Å². The van der Waals surface area contributed by atoms with Crippen molar-refractivity contribution in [1.29, 1.82) is 0 Å². The second kappa shape index (κ2) is 59.4. The molecule has 6 heteroatoms. The maximum Gasteiger partial charge on any atom is 0.306 e. The van der Waals surface area contributed by atoms with Crippen LogP contribution in [0, 0.1) is 0 Å². The van der Waals surface area contributed by atoms with Gasteiger partial charge in [0.05, 0.1) is 0 Å². The van der Waals surface area contributed by atoms with E-state index in [1.807, 2.05) is 6.08 Å². The first-order chi connectivity index (χ1) is 35.0. The SMILES string of the molecule is CC/C=C\C/C=C\C/C=C\C/C=C\C/C=C\C/C=C\CCC(=O)OC(COC(=O)CCCCCCCC)COC(=O)CCCCCCCCCCCCCCCCCCCCCCCCCCCCCC. The largest absolute Gasteiger partial charge is 0.462 e. The van der Waals surface area contributed by atoms with Gasteiger partial charge in [-0.2, -0.15) is 0 Å². The number of allylic oxidation sites excluding steroid dienone is 12. The number of carbonyl (C=O) groups excluding carboxylic acids is 3. The van der Waals surface area contributed by atoms with Crippen molar-refractivity contribution in [3.05, 3.63) is 72.9 Å². The van der Waals surface area contributed by atoms with Gasteiger partial charge in [-0.15, -0.1) is 0 Å². The Morgan fingerprint density at radius 2 is 0.549 bits per heavy atom. The van der Waals surface area contributed by atoms with Crippen molar-refractivity contribution in [2.24, 2.45) is 0 Å². The van der Waals surface area contributed by atoms with Gasteiger partial charge in [-0.1, -0.05) is 299 Å². The predicted octanol–water partition coefficient (Wildman–Crippen LogP) is 20.5. The highest BCUT2D eigenvalue weighted by molar-refractivity contribution is 5.71. The van der Waals surface area contributed by atoms with Crippen LogP contribution < -0.4 is 0 Å². The summed E-state index contributed by atoms with van der Waals surface area (Å²) in [4.78, 5) is 37.9. The van der Waals surface area contributed by atoms with Crippen LogP contribution in [0.15, 0.2) is 72.9 Å². The van der Waals surface area contributed by atoms with Gasteiger partial charge in [0.2, 0.25) is 0 Å². The number of hydrogen-bond acceptors (Lipinski definition) is 6. The Hall–Kier alpha value is -3.15. The fraction of sp³-hybridized carbons (Fsp3) is 0.769. The average Bonchev–Trinajstić information content (AvgIpc) is 3.37. The van der Waals surface area contributed by atoms with Gasteiger partial charge < -0.3 is 14.2 Å². The van der Waals surface area contributed by atoms with Crippen LogP contribution in [0.1, 0.15) is 303 Å². The molecular weight excluding hydrogens is 877 g/mol. The molecule has 0 saturated carbocycles. The third-order valence-corrected chi connectivity index (χ3v) is 13.2. The molecule has 0 amide bonds. The average molecular weight is 992 g/mol. The van der Waals surface area contributed by atoms with Crippen LogP contribution in [0.2, 0.25) is 0 Å². The van der Waals surface area contributed by atoms with Crippen LogP contribution in [0.5, 0.6) is 0 Å². The molecule has 0 aliphatic carbocycles. The van der Waals surface area contributed by atoms with E-state index in [0.717, 1.165) is 77.0 Å². The lowest BCUT2D eigenvalue weighted by molar-refractivity contribution is -0.166. The van der Waals surface area contributed by atoms with Gasteiger partial charge in [-0.3, -0.25) is 14.4 Å². The second-order valence-electron chi connectivity index (χ2n) is 20.2. The Bertz CT molecular complexity index is 1320. The Balaban J connectivity index is 4.11. The van der Waals surface area contributed by atoms with E-state index in [1.165, 1.54) is 180 Å². The summed E-state index contributed by atoms with van der Waals surface area (Å²) in [6, 6.07) is 0. The van der Waals surface area contributed by atoms with E-state index in [0.29, 0.717) is 19.3 Å². The zero-order valence-electron chi connectivity index (χ0n) is 47.0. The molecule has 1 atom stereocenters. The molecule has 0 aromatic rings. The number of rotatable bonds is 55. The molecule has 410 valence electrons. The molecule has 0 aromatic heterocycles. The highest BCUT2D eigenvalue weighted by atomic mass is 16.6. The van der Waals surface area contributed by atoms with Crippen molar-refractivity contribution in [3.63, 3.8) is 0 Å². The standard InChI is InChI=1S/C65H114O6/c1-4-7-10-13-16-18-20-22-24-26-28-29-30-31-32-33-34-35-36-38-39-41-43-45-47-49-52-55-58-64(67)70-61-62(60-69-63(66)57-54-51-15-12-9-6-3)71-65(68)59-56-53-50-48-46-44-42-40-37-27-25-23-21-19-17-14-11-8-5-2/h8,11,17,19,23,25,37,40,44,46,50,53,62H,4-7,9-10,12-16,18,20-22,24,26-36,38-39,41-43,45,47-49,51-52,54-61H2,1-3H3/b11-8-,19-17-,25-23-,40-37-,46-44-,53-50-. The van der Waals surface area contributed by atoms with Gasteiger partial charge in [-0.05, 0) is 57.8 Å². The zero-order valence-corrected chi connectivity index (χ0v) is 47.0. The molecule has 0 spiro atoms. The first-order valence-corrected chi connectivity index (χ1v) is 30.4. The molecule has 0 aliphatic rings. The molecule has 0 aliphatic heterocycles. The first kappa shape index (κ1) is 67.8. The van der Waals surface area contributed by atoms with Crippen molar-refractivity contribution in [3.8, 4) is 0 Å². The van der Waals surface area contributed by atoms with Gasteiger partial charge in [0.1, 0.15) is 13.2 Å². The topological polar surface area (TPSA) is 78.9 Å². The van der Waals surface area contributed by atoms with E-state index >= 15 is 0 Å². The van der Waals surface area contributed by atoms with Gasteiger partial charge >= 0.3 is 17.9 Å². The summed E-state index contributed by atoms with van der Waals surface area (Å²) in [7, 11) is 0. The fourth-order valence-corrected chi connectivity index (χ4v) is 8.71. The number of unbranched alkanes of at least 4 members (excludes halogenated alkanes) is 32. The zero-order chi connectivity index (χ0) is 51.4. The third-order valence-electron chi connectivity index (χ3n) is 13.2. The molecule has 1 unspecified atom stereocenters. The monoisotopic (exact) mass is 991 g/mol. The van der Waals surface area contributed by atoms with E-state index in [1.54, 1.807) is 0 Å². The summed E-state index contributed by atoms with van der Waals surface area (Å²) in [5, 5.41) is 0.